The molecule has 0 bridgehead atoms. The lowest BCUT2D eigenvalue weighted by atomic mass is 10.3. The number of hydrogen-bond acceptors (Lipinski definition) is 6. The Bertz CT molecular complexity index is 699. The fourth-order valence-corrected chi connectivity index (χ4v) is 2.33. The van der Waals surface area contributed by atoms with Crippen molar-refractivity contribution in [3.05, 3.63) is 36.7 Å². The van der Waals surface area contributed by atoms with Crippen LogP contribution in [0.5, 0.6) is 0 Å². The van der Waals surface area contributed by atoms with E-state index in [0.29, 0.717) is 11.6 Å². The molecule has 0 aliphatic heterocycles. The summed E-state index contributed by atoms with van der Waals surface area (Å²) in [6.45, 7) is 2.91. The quantitative estimate of drug-likeness (QED) is 0.853. The van der Waals surface area contributed by atoms with Gasteiger partial charge in [-0.15, -0.1) is 0 Å². The highest BCUT2D eigenvalue weighted by molar-refractivity contribution is 7.90. The molecule has 2 rings (SSSR count). The molecule has 0 aliphatic rings. The maximum absolute atomic E-state index is 11.4. The minimum atomic E-state index is -3.18. The molecular weight excluding hydrogens is 288 g/mol. The van der Waals surface area contributed by atoms with Gasteiger partial charge in [0, 0.05) is 18.5 Å². The zero-order valence-corrected chi connectivity index (χ0v) is 12.8. The molecule has 0 fully saturated rings. The first kappa shape index (κ1) is 15.2. The van der Waals surface area contributed by atoms with Crippen molar-refractivity contribution in [2.75, 3.05) is 23.4 Å². The van der Waals surface area contributed by atoms with E-state index in [1.54, 1.807) is 36.7 Å². The zero-order valence-electron chi connectivity index (χ0n) is 12.0. The molecule has 0 saturated carbocycles. The molecule has 2 N–H and O–H groups in total. The number of aromatic nitrogens is 2. The van der Waals surface area contributed by atoms with Gasteiger partial charge >= 0.3 is 0 Å². The minimum Gasteiger partial charge on any atom is -0.369 e. The zero-order chi connectivity index (χ0) is 15.3. The molecule has 112 valence electrons. The summed E-state index contributed by atoms with van der Waals surface area (Å²) in [5.74, 6) is 1.30. The van der Waals surface area contributed by atoms with E-state index in [0.717, 1.165) is 18.7 Å². The average Bonchev–Trinajstić information content (AvgIpc) is 2.45. The molecule has 2 aromatic rings. The van der Waals surface area contributed by atoms with Crippen molar-refractivity contribution in [2.45, 2.75) is 18.2 Å². The minimum absolute atomic E-state index is 0.289. The van der Waals surface area contributed by atoms with Crippen molar-refractivity contribution in [1.29, 1.82) is 0 Å². The molecule has 6 nitrogen and oxygen atoms in total. The smallest absolute Gasteiger partial charge is 0.175 e. The summed E-state index contributed by atoms with van der Waals surface area (Å²) in [6.07, 6.45) is 5.46. The van der Waals surface area contributed by atoms with Gasteiger partial charge in [0.1, 0.15) is 5.82 Å². The molecule has 0 unspecified atom stereocenters. The molecule has 0 radical (unpaired) electrons. The van der Waals surface area contributed by atoms with Crippen molar-refractivity contribution in [1.82, 2.24) is 9.97 Å². The largest absolute Gasteiger partial charge is 0.369 e. The molecule has 0 amide bonds. The fourth-order valence-electron chi connectivity index (χ4n) is 1.70. The molecular formula is C14H18N4O2S. The maximum atomic E-state index is 11.4. The molecule has 0 spiro atoms. The van der Waals surface area contributed by atoms with Crippen LogP contribution >= 0.6 is 0 Å². The van der Waals surface area contributed by atoms with E-state index >= 15 is 0 Å². The van der Waals surface area contributed by atoms with Crippen LogP contribution in [0.3, 0.4) is 0 Å². The summed E-state index contributed by atoms with van der Waals surface area (Å²) in [5.41, 5.74) is 0.754. The number of hydrogen-bond donors (Lipinski definition) is 2. The van der Waals surface area contributed by atoms with Crippen molar-refractivity contribution in [2.24, 2.45) is 0 Å². The van der Waals surface area contributed by atoms with Crippen molar-refractivity contribution in [3.8, 4) is 0 Å². The van der Waals surface area contributed by atoms with Crippen molar-refractivity contribution < 1.29 is 8.42 Å². The van der Waals surface area contributed by atoms with Gasteiger partial charge in [-0.2, -0.15) is 0 Å². The van der Waals surface area contributed by atoms with Gasteiger partial charge in [0.15, 0.2) is 15.7 Å². The Kier molecular flexibility index (Phi) is 4.74. The predicted octanol–water partition coefficient (Wildman–Crippen LogP) is 2.45. The van der Waals surface area contributed by atoms with Crippen LogP contribution in [0.1, 0.15) is 13.3 Å². The third-order valence-corrected chi connectivity index (χ3v) is 3.87. The van der Waals surface area contributed by atoms with Crippen LogP contribution in [0.25, 0.3) is 0 Å². The number of nitrogens with one attached hydrogen (secondary N) is 2. The van der Waals surface area contributed by atoms with Crippen LogP contribution in [0, 0.1) is 0 Å². The summed E-state index contributed by atoms with van der Waals surface area (Å²) in [6, 6.07) is 6.52. The molecule has 1 aromatic carbocycles. The summed E-state index contributed by atoms with van der Waals surface area (Å²) >= 11 is 0. The second-order valence-corrected chi connectivity index (χ2v) is 6.65. The highest BCUT2D eigenvalue weighted by atomic mass is 32.2. The second kappa shape index (κ2) is 6.53. The van der Waals surface area contributed by atoms with Gasteiger partial charge in [-0.25, -0.2) is 13.4 Å². The third kappa shape index (κ3) is 4.42. The lowest BCUT2D eigenvalue weighted by Gasteiger charge is -2.08. The van der Waals surface area contributed by atoms with E-state index in [1.807, 2.05) is 0 Å². The number of anilines is 3. The molecule has 1 heterocycles. The van der Waals surface area contributed by atoms with Crippen molar-refractivity contribution >= 4 is 27.2 Å². The Morgan fingerprint density at radius 3 is 2.38 bits per heavy atom. The molecule has 0 aliphatic carbocycles. The van der Waals surface area contributed by atoms with E-state index in [1.165, 1.54) is 6.26 Å². The Balaban J connectivity index is 2.11. The Morgan fingerprint density at radius 2 is 1.76 bits per heavy atom. The topological polar surface area (TPSA) is 84.0 Å². The van der Waals surface area contributed by atoms with Gasteiger partial charge < -0.3 is 10.6 Å². The lowest BCUT2D eigenvalue weighted by molar-refractivity contribution is 0.602. The number of nitrogens with zero attached hydrogens (tertiary/aromatic N) is 2. The highest BCUT2D eigenvalue weighted by Gasteiger charge is 2.06. The third-order valence-electron chi connectivity index (χ3n) is 2.75. The summed E-state index contributed by atoms with van der Waals surface area (Å²) in [5, 5.41) is 6.25. The number of sulfone groups is 1. The van der Waals surface area contributed by atoms with E-state index in [9.17, 15) is 8.42 Å². The first-order valence-electron chi connectivity index (χ1n) is 6.62. The molecule has 21 heavy (non-hydrogen) atoms. The first-order valence-corrected chi connectivity index (χ1v) is 8.51. The summed E-state index contributed by atoms with van der Waals surface area (Å²) in [4.78, 5) is 8.77. The highest BCUT2D eigenvalue weighted by Crippen LogP contribution is 2.18. The fraction of sp³-hybridized carbons (Fsp3) is 0.286. The van der Waals surface area contributed by atoms with Crippen LogP contribution in [-0.4, -0.2) is 31.2 Å². The first-order chi connectivity index (χ1) is 9.99. The van der Waals surface area contributed by atoms with Gasteiger partial charge in [0.25, 0.3) is 0 Å². The predicted molar refractivity (Wildman–Crippen MR) is 83.6 cm³/mol. The Labute approximate surface area is 124 Å². The maximum Gasteiger partial charge on any atom is 0.175 e. The van der Waals surface area contributed by atoms with Crippen LogP contribution in [0.4, 0.5) is 17.3 Å². The normalized spacial score (nSPS) is 11.1. The van der Waals surface area contributed by atoms with Crippen molar-refractivity contribution in [3.63, 3.8) is 0 Å². The van der Waals surface area contributed by atoms with E-state index in [-0.39, 0.29) is 4.90 Å². The van der Waals surface area contributed by atoms with E-state index < -0.39 is 9.84 Å². The number of rotatable bonds is 6. The standard InChI is InChI=1S/C14H18N4O2S/c1-3-8-16-13-9-15-10-14(18-13)17-11-4-6-12(7-5-11)21(2,19)20/h4-7,9-10H,3,8H2,1-2H3,(H2,16,17,18). The van der Waals surface area contributed by atoms with Crippen LogP contribution in [-0.2, 0) is 9.84 Å². The lowest BCUT2D eigenvalue weighted by Crippen LogP contribution is -2.04. The molecule has 0 atom stereocenters. The second-order valence-electron chi connectivity index (χ2n) is 4.64. The Morgan fingerprint density at radius 1 is 1.10 bits per heavy atom. The Hall–Kier alpha value is -2.15. The van der Waals surface area contributed by atoms with Crippen LogP contribution in [0.2, 0.25) is 0 Å². The van der Waals surface area contributed by atoms with Crippen LogP contribution < -0.4 is 10.6 Å². The van der Waals surface area contributed by atoms with Gasteiger partial charge in [0.05, 0.1) is 17.3 Å². The summed E-state index contributed by atoms with van der Waals surface area (Å²) in [7, 11) is -3.18. The van der Waals surface area contributed by atoms with Gasteiger partial charge in [-0.1, -0.05) is 6.92 Å². The van der Waals surface area contributed by atoms with E-state index in [2.05, 4.69) is 27.5 Å². The molecule has 7 heteroatoms. The average molecular weight is 306 g/mol. The van der Waals surface area contributed by atoms with Gasteiger partial charge in [-0.3, -0.25) is 4.98 Å². The van der Waals surface area contributed by atoms with E-state index in [4.69, 9.17) is 0 Å². The molecule has 0 saturated heterocycles. The number of benzene rings is 1. The van der Waals surface area contributed by atoms with Gasteiger partial charge in [0.2, 0.25) is 0 Å². The SMILES string of the molecule is CCCNc1cncc(Nc2ccc(S(C)(=O)=O)cc2)n1. The van der Waals surface area contributed by atoms with Crippen LogP contribution in [0.15, 0.2) is 41.6 Å². The molecule has 1 aromatic heterocycles. The van der Waals surface area contributed by atoms with Gasteiger partial charge in [-0.05, 0) is 30.7 Å². The monoisotopic (exact) mass is 306 g/mol. The summed E-state index contributed by atoms with van der Waals surface area (Å²) < 4.78 is 22.8.